The molecule has 7 heteroatoms. The Balaban J connectivity index is 1.86. The monoisotopic (exact) mass is 348 g/mol. The first-order valence-electron chi connectivity index (χ1n) is 7.28. The van der Waals surface area contributed by atoms with Crippen LogP contribution in [0.15, 0.2) is 46.3 Å². The third-order valence-electron chi connectivity index (χ3n) is 4.02. The van der Waals surface area contributed by atoms with Crippen LogP contribution in [0.1, 0.15) is 20.8 Å². The second kappa shape index (κ2) is 5.31. The highest BCUT2D eigenvalue weighted by Crippen LogP contribution is 2.38. The molecule has 2 aliphatic heterocycles. The van der Waals surface area contributed by atoms with E-state index in [9.17, 15) is 18.0 Å². The molecule has 0 unspecified atom stereocenters. The normalized spacial score (nSPS) is 16.4. The van der Waals surface area contributed by atoms with E-state index in [4.69, 9.17) is 0 Å². The maximum atomic E-state index is 13.0. The van der Waals surface area contributed by atoms with Crippen LogP contribution < -0.4 is 4.90 Å². The number of Topliss-reactive ketones (excluding diaryl/α,β-unsaturated/α-hetero) is 1. The number of rotatable bonds is 2. The fourth-order valence-electron chi connectivity index (χ4n) is 2.93. The molecule has 1 aromatic heterocycles. The Morgan fingerprint density at radius 3 is 2.79 bits per heavy atom. The summed E-state index contributed by atoms with van der Waals surface area (Å²) in [6, 6.07) is 7.07. The van der Waals surface area contributed by atoms with Gasteiger partial charge in [0.2, 0.25) is 5.78 Å². The summed E-state index contributed by atoms with van der Waals surface area (Å²) in [6.45, 7) is 1.08. The third-order valence-corrected chi connectivity index (χ3v) is 4.89. The van der Waals surface area contributed by atoms with Gasteiger partial charge in [0.05, 0.1) is 22.6 Å². The number of ketones is 1. The molecule has 0 spiro atoms. The van der Waals surface area contributed by atoms with Gasteiger partial charge in [0, 0.05) is 12.2 Å². The molecule has 122 valence electrons. The third kappa shape index (κ3) is 2.36. The smallest absolute Gasteiger partial charge is 0.324 e. The van der Waals surface area contributed by atoms with E-state index in [1.807, 2.05) is 4.90 Å². The maximum absolute atomic E-state index is 13.0. The molecule has 0 saturated carbocycles. The summed E-state index contributed by atoms with van der Waals surface area (Å²) >= 11 is 1.30. The van der Waals surface area contributed by atoms with Crippen molar-refractivity contribution in [2.45, 2.75) is 6.18 Å². The van der Waals surface area contributed by atoms with Gasteiger partial charge >= 0.3 is 6.18 Å². The number of halogens is 3. The lowest BCUT2D eigenvalue weighted by atomic mass is 9.96. The molecule has 0 radical (unpaired) electrons. The average molecular weight is 348 g/mol. The van der Waals surface area contributed by atoms with Gasteiger partial charge < -0.3 is 4.90 Å². The van der Waals surface area contributed by atoms with Crippen molar-refractivity contribution in [3.05, 3.63) is 57.3 Å². The lowest BCUT2D eigenvalue weighted by Gasteiger charge is -2.28. The summed E-state index contributed by atoms with van der Waals surface area (Å²) < 4.78 is 38.9. The topological polar surface area (TPSA) is 32.7 Å². The van der Waals surface area contributed by atoms with Crippen molar-refractivity contribution in [1.29, 1.82) is 0 Å². The zero-order valence-corrected chi connectivity index (χ0v) is 13.1. The van der Waals surface area contributed by atoms with Gasteiger partial charge in [-0.25, -0.2) is 0 Å². The van der Waals surface area contributed by atoms with Crippen molar-refractivity contribution in [1.82, 2.24) is 0 Å². The van der Waals surface area contributed by atoms with E-state index >= 15 is 0 Å². The maximum Gasteiger partial charge on any atom is 0.416 e. The van der Waals surface area contributed by atoms with Crippen LogP contribution in [0.3, 0.4) is 0 Å². The number of nitrogens with zero attached hydrogens (tertiary/aromatic N) is 2. The first-order valence-corrected chi connectivity index (χ1v) is 8.16. The van der Waals surface area contributed by atoms with Gasteiger partial charge in [-0.2, -0.15) is 13.2 Å². The van der Waals surface area contributed by atoms with Crippen molar-refractivity contribution in [2.75, 3.05) is 18.0 Å². The molecule has 3 heterocycles. The fourth-order valence-corrected chi connectivity index (χ4v) is 3.61. The van der Waals surface area contributed by atoms with Crippen LogP contribution in [0.4, 0.5) is 18.9 Å². The van der Waals surface area contributed by atoms with Gasteiger partial charge in [-0.1, -0.05) is 6.07 Å². The minimum Gasteiger partial charge on any atom is -0.324 e. The number of alkyl halides is 3. The molecule has 0 saturated heterocycles. The number of anilines is 1. The van der Waals surface area contributed by atoms with E-state index in [1.54, 1.807) is 17.5 Å². The van der Waals surface area contributed by atoms with Crippen LogP contribution in [0.2, 0.25) is 0 Å². The quantitative estimate of drug-likeness (QED) is 0.760. The van der Waals surface area contributed by atoms with Gasteiger partial charge in [0.1, 0.15) is 5.84 Å². The summed E-state index contributed by atoms with van der Waals surface area (Å²) in [6.07, 6.45) is -2.90. The molecule has 1 aromatic carbocycles. The standard InChI is InChI=1S/C17H11F3N2OS/c18-17(19,20)11-3-4-13-10(8-11)9-12(16-21-5-6-22(13)16)15(23)14-2-1-7-24-14/h1-4,7-9H,5-6H2. The molecule has 0 bridgehead atoms. The first kappa shape index (κ1) is 15.1. The molecule has 0 fully saturated rings. The Kier molecular flexibility index (Phi) is 3.35. The number of aliphatic imine (C=N–C) groups is 1. The highest BCUT2D eigenvalue weighted by atomic mass is 32.1. The van der Waals surface area contributed by atoms with Gasteiger partial charge in [-0.05, 0) is 41.3 Å². The summed E-state index contributed by atoms with van der Waals surface area (Å²) in [5.41, 5.74) is 0.675. The van der Waals surface area contributed by atoms with Crippen molar-refractivity contribution >= 4 is 34.7 Å². The largest absolute Gasteiger partial charge is 0.416 e. The second-order valence-corrected chi connectivity index (χ2v) is 6.44. The second-order valence-electron chi connectivity index (χ2n) is 5.49. The molecule has 24 heavy (non-hydrogen) atoms. The van der Waals surface area contributed by atoms with Gasteiger partial charge in [0.15, 0.2) is 0 Å². The molecule has 0 aliphatic carbocycles. The zero-order chi connectivity index (χ0) is 16.9. The Morgan fingerprint density at radius 1 is 1.25 bits per heavy atom. The molecule has 3 nitrogen and oxygen atoms in total. The van der Waals surface area contributed by atoms with Gasteiger partial charge in [-0.3, -0.25) is 9.79 Å². The van der Waals surface area contributed by atoms with E-state index in [2.05, 4.69) is 4.99 Å². The van der Waals surface area contributed by atoms with E-state index in [-0.39, 0.29) is 5.78 Å². The molecular weight excluding hydrogens is 337 g/mol. The number of benzene rings is 1. The van der Waals surface area contributed by atoms with E-state index in [1.165, 1.54) is 23.5 Å². The Morgan fingerprint density at radius 2 is 2.08 bits per heavy atom. The van der Waals surface area contributed by atoms with Crippen molar-refractivity contribution < 1.29 is 18.0 Å². The number of hydrogen-bond donors (Lipinski definition) is 0. The lowest BCUT2D eigenvalue weighted by Crippen LogP contribution is -2.34. The van der Waals surface area contributed by atoms with Crippen molar-refractivity contribution in [3.8, 4) is 0 Å². The number of fused-ring (bicyclic) bond motifs is 3. The van der Waals surface area contributed by atoms with Crippen LogP contribution in [-0.4, -0.2) is 24.7 Å². The molecule has 4 rings (SSSR count). The molecule has 2 aromatic rings. The van der Waals surface area contributed by atoms with Crippen LogP contribution in [-0.2, 0) is 6.18 Å². The van der Waals surface area contributed by atoms with Crippen molar-refractivity contribution in [3.63, 3.8) is 0 Å². The Labute approximate surface area is 139 Å². The predicted molar refractivity (Wildman–Crippen MR) is 87.7 cm³/mol. The summed E-state index contributed by atoms with van der Waals surface area (Å²) in [7, 11) is 0. The zero-order valence-electron chi connectivity index (χ0n) is 12.3. The van der Waals surface area contributed by atoms with Gasteiger partial charge in [0.25, 0.3) is 0 Å². The molecule has 2 aliphatic rings. The fraction of sp³-hybridized carbons (Fsp3) is 0.176. The van der Waals surface area contributed by atoms with E-state index in [0.717, 1.165) is 12.1 Å². The number of carbonyl (C=O) groups excluding carboxylic acids is 1. The molecule has 0 amide bonds. The highest BCUT2D eigenvalue weighted by Gasteiger charge is 2.35. The number of amidine groups is 1. The summed E-state index contributed by atoms with van der Waals surface area (Å²) in [5.74, 6) is 0.333. The number of thiophene rings is 1. The lowest BCUT2D eigenvalue weighted by molar-refractivity contribution is -0.137. The Hall–Kier alpha value is -2.41. The van der Waals surface area contributed by atoms with Crippen LogP contribution >= 0.6 is 11.3 Å². The molecule has 0 atom stereocenters. The van der Waals surface area contributed by atoms with Crippen LogP contribution in [0.5, 0.6) is 0 Å². The molecular formula is C17H11F3N2OS. The average Bonchev–Trinajstić information content (AvgIpc) is 3.23. The molecule has 0 N–H and O–H groups in total. The van der Waals surface area contributed by atoms with E-state index in [0.29, 0.717) is 40.6 Å². The number of carbonyl (C=O) groups is 1. The van der Waals surface area contributed by atoms with Gasteiger partial charge in [-0.15, -0.1) is 11.3 Å². The van der Waals surface area contributed by atoms with Crippen LogP contribution in [0, 0.1) is 0 Å². The number of hydrogen-bond acceptors (Lipinski definition) is 4. The summed E-state index contributed by atoms with van der Waals surface area (Å²) in [4.78, 5) is 19.4. The predicted octanol–water partition coefficient (Wildman–Crippen LogP) is 4.27. The summed E-state index contributed by atoms with van der Waals surface area (Å²) in [5, 5.41) is 1.79. The minimum absolute atomic E-state index is 0.210. The minimum atomic E-state index is -4.42. The SMILES string of the molecule is O=C(C1=Cc2cc(C(F)(F)F)ccc2N2CCN=C12)c1cccs1. The van der Waals surface area contributed by atoms with E-state index < -0.39 is 11.7 Å². The van der Waals surface area contributed by atoms with Crippen molar-refractivity contribution in [2.24, 2.45) is 4.99 Å². The first-order chi connectivity index (χ1) is 11.4. The Bertz CT molecular complexity index is 882. The van der Waals surface area contributed by atoms with Crippen LogP contribution in [0.25, 0.3) is 6.08 Å². The highest BCUT2D eigenvalue weighted by molar-refractivity contribution is 7.12.